The summed E-state index contributed by atoms with van der Waals surface area (Å²) in [4.78, 5) is 27.2. The molecular formula is C20H22BrNO4. The van der Waals surface area contributed by atoms with E-state index in [1.54, 1.807) is 18.2 Å². The minimum atomic E-state index is -0.646. The van der Waals surface area contributed by atoms with E-state index in [4.69, 9.17) is 9.15 Å². The number of hydrogen-bond acceptors (Lipinski definition) is 5. The second-order valence-electron chi connectivity index (χ2n) is 7.23. The van der Waals surface area contributed by atoms with Crippen LogP contribution in [0.3, 0.4) is 0 Å². The highest BCUT2D eigenvalue weighted by Crippen LogP contribution is 2.31. The number of rotatable bonds is 3. The van der Waals surface area contributed by atoms with Gasteiger partial charge in [-0.15, -0.1) is 0 Å². The van der Waals surface area contributed by atoms with Crippen molar-refractivity contribution in [1.29, 1.82) is 0 Å². The van der Waals surface area contributed by atoms with Crippen molar-refractivity contribution in [1.82, 2.24) is 4.90 Å². The van der Waals surface area contributed by atoms with E-state index in [1.165, 1.54) is 19.3 Å². The van der Waals surface area contributed by atoms with Gasteiger partial charge in [0.05, 0.1) is 6.61 Å². The molecule has 0 unspecified atom stereocenters. The zero-order chi connectivity index (χ0) is 18.1. The van der Waals surface area contributed by atoms with E-state index in [0.29, 0.717) is 29.5 Å². The highest BCUT2D eigenvalue weighted by Gasteiger charge is 2.33. The Morgan fingerprint density at radius 2 is 2.04 bits per heavy atom. The van der Waals surface area contributed by atoms with Gasteiger partial charge in [0.2, 0.25) is 0 Å². The average Bonchev–Trinajstić information content (AvgIpc) is 2.66. The lowest BCUT2D eigenvalue weighted by Crippen LogP contribution is -2.49. The van der Waals surface area contributed by atoms with Crippen molar-refractivity contribution in [3.05, 3.63) is 44.7 Å². The molecule has 2 aliphatic heterocycles. The molecule has 2 saturated heterocycles. The molecule has 0 N–H and O–H groups in total. The molecule has 0 aliphatic carbocycles. The quantitative estimate of drug-likeness (QED) is 0.556. The minimum absolute atomic E-state index is 0.0353. The van der Waals surface area contributed by atoms with E-state index in [-0.39, 0.29) is 5.56 Å². The van der Waals surface area contributed by atoms with Gasteiger partial charge in [0.15, 0.2) is 0 Å². The molecule has 1 aromatic carbocycles. The molecule has 0 spiro atoms. The Morgan fingerprint density at radius 3 is 2.92 bits per heavy atom. The molecule has 3 heterocycles. The Bertz CT molecular complexity index is 876. The Kier molecular flexibility index (Phi) is 5.14. The summed E-state index contributed by atoms with van der Waals surface area (Å²) in [6.07, 6.45) is 5.90. The van der Waals surface area contributed by atoms with Crippen LogP contribution >= 0.6 is 15.9 Å². The van der Waals surface area contributed by atoms with Crippen LogP contribution in [0.5, 0.6) is 0 Å². The van der Waals surface area contributed by atoms with Gasteiger partial charge in [-0.1, -0.05) is 22.4 Å². The lowest BCUT2D eigenvalue weighted by Gasteiger charge is -2.44. The second-order valence-corrected chi connectivity index (χ2v) is 8.15. The molecule has 2 fully saturated rings. The number of carbonyl (C=O) groups excluding carboxylic acids is 1. The van der Waals surface area contributed by atoms with Crippen molar-refractivity contribution in [2.75, 3.05) is 19.7 Å². The molecule has 138 valence electrons. The molecule has 1 aromatic heterocycles. The van der Waals surface area contributed by atoms with Crippen molar-refractivity contribution >= 4 is 32.9 Å². The van der Waals surface area contributed by atoms with Crippen molar-refractivity contribution in [3.63, 3.8) is 0 Å². The standard InChI is InChI=1S/C20H22BrNO4/c21-15-6-7-18-14(10-15)11-16(20(24)26-18)19(23)25-12-13-4-3-9-22-8-2-1-5-17(13)22/h6-7,10-11,13,17H,1-5,8-9,12H2/t13-,17-/m1/s1. The van der Waals surface area contributed by atoms with Crippen molar-refractivity contribution < 1.29 is 13.9 Å². The first-order valence-corrected chi connectivity index (χ1v) is 10.1. The van der Waals surface area contributed by atoms with Crippen LogP contribution in [0.2, 0.25) is 0 Å². The fourth-order valence-corrected chi connectivity index (χ4v) is 4.65. The molecule has 5 nitrogen and oxygen atoms in total. The maximum Gasteiger partial charge on any atom is 0.351 e. The smallest absolute Gasteiger partial charge is 0.351 e. The first-order valence-electron chi connectivity index (χ1n) is 9.26. The predicted octanol–water partition coefficient (Wildman–Crippen LogP) is 3.98. The summed E-state index contributed by atoms with van der Waals surface area (Å²) < 4.78 is 11.7. The molecular weight excluding hydrogens is 398 g/mol. The summed E-state index contributed by atoms with van der Waals surface area (Å²) in [6.45, 7) is 2.67. The maximum absolute atomic E-state index is 12.5. The van der Waals surface area contributed by atoms with Crippen LogP contribution in [0, 0.1) is 5.92 Å². The molecule has 0 radical (unpaired) electrons. The van der Waals surface area contributed by atoms with Gasteiger partial charge in [-0.05, 0) is 63.0 Å². The van der Waals surface area contributed by atoms with Crippen LogP contribution in [0.15, 0.2) is 37.9 Å². The number of ether oxygens (including phenoxy) is 1. The highest BCUT2D eigenvalue weighted by molar-refractivity contribution is 9.10. The fraction of sp³-hybridized carbons (Fsp3) is 0.500. The number of benzene rings is 1. The molecule has 0 amide bonds. The van der Waals surface area contributed by atoms with Gasteiger partial charge in [0.25, 0.3) is 0 Å². The first kappa shape index (κ1) is 17.7. The third-order valence-corrected chi connectivity index (χ3v) is 6.06. The summed E-state index contributed by atoms with van der Waals surface area (Å²) in [5.74, 6) is -0.233. The number of carbonyl (C=O) groups is 1. The van der Waals surface area contributed by atoms with Crippen LogP contribution in [-0.4, -0.2) is 36.6 Å². The Hall–Kier alpha value is -1.66. The average molecular weight is 420 g/mol. The van der Waals surface area contributed by atoms with E-state index in [9.17, 15) is 9.59 Å². The fourth-order valence-electron chi connectivity index (χ4n) is 4.27. The summed E-state index contributed by atoms with van der Waals surface area (Å²) >= 11 is 3.39. The zero-order valence-corrected chi connectivity index (χ0v) is 16.2. The van der Waals surface area contributed by atoms with Gasteiger partial charge < -0.3 is 9.15 Å². The van der Waals surface area contributed by atoms with Gasteiger partial charge in [-0.25, -0.2) is 9.59 Å². The highest BCUT2D eigenvalue weighted by atomic mass is 79.9. The topological polar surface area (TPSA) is 59.8 Å². The number of nitrogens with zero attached hydrogens (tertiary/aromatic N) is 1. The molecule has 0 bridgehead atoms. The lowest BCUT2D eigenvalue weighted by atomic mass is 9.84. The zero-order valence-electron chi connectivity index (χ0n) is 14.6. The normalized spacial score (nSPS) is 23.6. The maximum atomic E-state index is 12.5. The number of halogens is 1. The van der Waals surface area contributed by atoms with E-state index in [2.05, 4.69) is 20.8 Å². The Balaban J connectivity index is 1.48. The second kappa shape index (κ2) is 7.53. The van der Waals surface area contributed by atoms with Gasteiger partial charge in [-0.2, -0.15) is 0 Å². The number of piperidine rings is 2. The Morgan fingerprint density at radius 1 is 1.19 bits per heavy atom. The first-order chi connectivity index (χ1) is 12.6. The van der Waals surface area contributed by atoms with Crippen molar-refractivity contribution in [2.45, 2.75) is 38.1 Å². The SMILES string of the molecule is O=C(OC[C@H]1CCCN2CCCC[C@H]12)c1cc2cc(Br)ccc2oc1=O. The number of hydrogen-bond donors (Lipinski definition) is 0. The molecule has 6 heteroatoms. The van der Waals surface area contributed by atoms with E-state index < -0.39 is 11.6 Å². The number of esters is 1. The largest absolute Gasteiger partial charge is 0.462 e. The minimum Gasteiger partial charge on any atom is -0.462 e. The number of fused-ring (bicyclic) bond motifs is 2. The van der Waals surface area contributed by atoms with E-state index >= 15 is 0 Å². The Labute approximate surface area is 160 Å². The molecule has 26 heavy (non-hydrogen) atoms. The van der Waals surface area contributed by atoms with Crippen molar-refractivity contribution in [2.24, 2.45) is 5.92 Å². The third-order valence-electron chi connectivity index (χ3n) is 5.57. The van der Waals surface area contributed by atoms with Crippen molar-refractivity contribution in [3.8, 4) is 0 Å². The van der Waals surface area contributed by atoms with Gasteiger partial charge in [0.1, 0.15) is 11.1 Å². The predicted molar refractivity (Wildman–Crippen MR) is 102 cm³/mol. The summed E-state index contributed by atoms with van der Waals surface area (Å²) in [6, 6.07) is 7.38. The molecule has 2 aromatic rings. The van der Waals surface area contributed by atoms with Crippen LogP contribution in [0.1, 0.15) is 42.5 Å². The monoisotopic (exact) mass is 419 g/mol. The van der Waals surface area contributed by atoms with Crippen LogP contribution < -0.4 is 5.63 Å². The van der Waals surface area contributed by atoms with Gasteiger partial charge >= 0.3 is 11.6 Å². The molecule has 2 aliphatic rings. The molecule has 4 rings (SSSR count). The van der Waals surface area contributed by atoms with Crippen LogP contribution in [-0.2, 0) is 4.74 Å². The molecule has 0 saturated carbocycles. The summed E-state index contributed by atoms with van der Waals surface area (Å²) in [5.41, 5.74) is -0.223. The van der Waals surface area contributed by atoms with Crippen LogP contribution in [0.4, 0.5) is 0 Å². The van der Waals surface area contributed by atoms with E-state index in [0.717, 1.165) is 30.4 Å². The summed E-state index contributed by atoms with van der Waals surface area (Å²) in [5, 5.41) is 0.696. The van der Waals surface area contributed by atoms with Gasteiger partial charge in [0, 0.05) is 21.8 Å². The lowest BCUT2D eigenvalue weighted by molar-refractivity contribution is 0.00716. The van der Waals surface area contributed by atoms with Crippen LogP contribution in [0.25, 0.3) is 11.0 Å². The van der Waals surface area contributed by atoms with E-state index in [1.807, 2.05) is 6.07 Å². The third kappa shape index (κ3) is 3.58. The van der Waals surface area contributed by atoms with Gasteiger partial charge in [-0.3, -0.25) is 4.90 Å². The summed E-state index contributed by atoms with van der Waals surface area (Å²) in [7, 11) is 0. The molecule has 2 atom stereocenters.